The third-order valence-corrected chi connectivity index (χ3v) is 6.24. The van der Waals surface area contributed by atoms with Crippen LogP contribution in [0.4, 0.5) is 0 Å². The van der Waals surface area contributed by atoms with Crippen molar-refractivity contribution in [2.45, 2.75) is 39.5 Å². The van der Waals surface area contributed by atoms with Crippen molar-refractivity contribution in [3.05, 3.63) is 87.8 Å². The van der Waals surface area contributed by atoms with E-state index in [1.54, 1.807) is 30.3 Å². The van der Waals surface area contributed by atoms with Gasteiger partial charge in [-0.05, 0) is 86.7 Å². The molecule has 3 aromatic carbocycles. The minimum Gasteiger partial charge on any atom is -0.494 e. The molecule has 5 rings (SSSR count). The van der Waals surface area contributed by atoms with Crippen LogP contribution in [0.2, 0.25) is 0 Å². The first-order valence-corrected chi connectivity index (χ1v) is 11.9. The topological polar surface area (TPSA) is 78.6 Å². The number of aryl methyl sites for hydroxylation is 2. The minimum absolute atomic E-state index is 0.251. The summed E-state index contributed by atoms with van der Waals surface area (Å²) in [6.07, 6.45) is 4.97. The van der Waals surface area contributed by atoms with E-state index in [-0.39, 0.29) is 11.3 Å². The van der Waals surface area contributed by atoms with E-state index in [4.69, 9.17) is 13.9 Å². The monoisotopic (exact) mass is 469 g/mol. The Morgan fingerprint density at radius 3 is 2.49 bits per heavy atom. The van der Waals surface area contributed by atoms with Crippen LogP contribution in [-0.4, -0.2) is 17.6 Å². The Hall–Kier alpha value is -3.93. The van der Waals surface area contributed by atoms with Crippen LogP contribution in [0.25, 0.3) is 22.4 Å². The van der Waals surface area contributed by atoms with E-state index >= 15 is 0 Å². The van der Waals surface area contributed by atoms with E-state index in [1.165, 1.54) is 25.3 Å². The average Bonchev–Trinajstić information content (AvgIpc) is 3.68. The molecule has 0 unspecified atom stereocenters. The molecule has 1 aliphatic rings. The van der Waals surface area contributed by atoms with Crippen molar-refractivity contribution in [1.82, 2.24) is 4.98 Å². The number of carbonyl (C=O) groups is 1. The fraction of sp³-hybridized carbons (Fsp3) is 0.276. The van der Waals surface area contributed by atoms with Gasteiger partial charge < -0.3 is 13.9 Å². The molecule has 0 atom stereocenters. The predicted octanol–water partition coefficient (Wildman–Crippen LogP) is 6.26. The van der Waals surface area contributed by atoms with Crippen LogP contribution in [0.3, 0.4) is 0 Å². The van der Waals surface area contributed by atoms with E-state index in [0.29, 0.717) is 29.0 Å². The first-order valence-electron chi connectivity index (χ1n) is 11.9. The molecule has 0 spiro atoms. The van der Waals surface area contributed by atoms with Gasteiger partial charge in [-0.2, -0.15) is 0 Å². The molecule has 1 saturated carbocycles. The molecule has 0 bridgehead atoms. The largest absolute Gasteiger partial charge is 0.494 e. The van der Waals surface area contributed by atoms with Gasteiger partial charge in [0.2, 0.25) is 5.89 Å². The van der Waals surface area contributed by atoms with Gasteiger partial charge >= 0.3 is 11.6 Å². The fourth-order valence-corrected chi connectivity index (χ4v) is 3.95. The standard InChI is InChI=1S/C29H27NO5/c1-18-5-9-21(10-6-18)27-30-25-16-19(2)26(17-24(25)29(32)35-27)34-28(31)22-11-13-23(14-12-22)33-15-3-4-20-7-8-20/h5-6,9-14,16-17,20H,3-4,7-8,15H2,1-2H3. The Labute approximate surface area is 203 Å². The zero-order valence-corrected chi connectivity index (χ0v) is 19.9. The molecule has 0 aliphatic heterocycles. The average molecular weight is 470 g/mol. The van der Waals surface area contributed by atoms with Gasteiger partial charge in [0, 0.05) is 5.56 Å². The summed E-state index contributed by atoms with van der Waals surface area (Å²) in [5, 5.41) is 0.254. The van der Waals surface area contributed by atoms with Gasteiger partial charge in [0.05, 0.1) is 23.1 Å². The first kappa shape index (κ1) is 22.8. The van der Waals surface area contributed by atoms with E-state index in [2.05, 4.69) is 4.98 Å². The van der Waals surface area contributed by atoms with Gasteiger partial charge in [-0.15, -0.1) is 0 Å². The Morgan fingerprint density at radius 1 is 1.03 bits per heavy atom. The molecule has 1 aliphatic carbocycles. The molecule has 1 aromatic heterocycles. The number of esters is 1. The Balaban J connectivity index is 1.30. The lowest BCUT2D eigenvalue weighted by Gasteiger charge is -2.10. The molecular weight excluding hydrogens is 442 g/mol. The Bertz CT molecular complexity index is 1420. The zero-order valence-electron chi connectivity index (χ0n) is 19.9. The number of hydrogen-bond acceptors (Lipinski definition) is 6. The van der Waals surface area contributed by atoms with Crippen LogP contribution in [0.15, 0.2) is 69.9 Å². The molecule has 0 N–H and O–H groups in total. The molecule has 0 saturated heterocycles. The van der Waals surface area contributed by atoms with Crippen LogP contribution in [0.5, 0.6) is 11.5 Å². The number of carbonyl (C=O) groups excluding carboxylic acids is 1. The quantitative estimate of drug-likeness (QED) is 0.172. The van der Waals surface area contributed by atoms with Gasteiger partial charge in [-0.25, -0.2) is 14.6 Å². The van der Waals surface area contributed by atoms with Crippen LogP contribution in [0, 0.1) is 19.8 Å². The number of aromatic nitrogens is 1. The predicted molar refractivity (Wildman–Crippen MR) is 134 cm³/mol. The maximum Gasteiger partial charge on any atom is 0.347 e. The van der Waals surface area contributed by atoms with Crippen LogP contribution in [0.1, 0.15) is 47.2 Å². The molecule has 0 radical (unpaired) electrons. The van der Waals surface area contributed by atoms with Crippen molar-refractivity contribution in [2.75, 3.05) is 6.61 Å². The normalized spacial score (nSPS) is 13.1. The van der Waals surface area contributed by atoms with E-state index in [9.17, 15) is 9.59 Å². The molecular formula is C29H27NO5. The van der Waals surface area contributed by atoms with E-state index in [0.717, 1.165) is 29.2 Å². The minimum atomic E-state index is -0.536. The lowest BCUT2D eigenvalue weighted by molar-refractivity contribution is 0.0733. The molecule has 1 heterocycles. The van der Waals surface area contributed by atoms with E-state index < -0.39 is 11.6 Å². The molecule has 1 fully saturated rings. The SMILES string of the molecule is Cc1ccc(-c2nc3cc(C)c(OC(=O)c4ccc(OCCCC5CC5)cc4)cc3c(=O)o2)cc1. The second kappa shape index (κ2) is 9.74. The smallest absolute Gasteiger partial charge is 0.347 e. The maximum absolute atomic E-state index is 12.7. The second-order valence-corrected chi connectivity index (χ2v) is 9.16. The highest BCUT2D eigenvalue weighted by atomic mass is 16.5. The van der Waals surface area contributed by atoms with Crippen LogP contribution in [-0.2, 0) is 0 Å². The van der Waals surface area contributed by atoms with Crippen molar-refractivity contribution >= 4 is 16.9 Å². The second-order valence-electron chi connectivity index (χ2n) is 9.16. The molecule has 0 amide bonds. The number of ether oxygens (including phenoxy) is 2. The van der Waals surface area contributed by atoms with Crippen molar-refractivity contribution in [2.24, 2.45) is 5.92 Å². The molecule has 4 aromatic rings. The summed E-state index contributed by atoms with van der Waals surface area (Å²) in [5.74, 6) is 1.65. The van der Waals surface area contributed by atoms with Crippen molar-refractivity contribution in [3.8, 4) is 23.0 Å². The van der Waals surface area contributed by atoms with Crippen molar-refractivity contribution in [1.29, 1.82) is 0 Å². The summed E-state index contributed by atoms with van der Waals surface area (Å²) in [7, 11) is 0. The lowest BCUT2D eigenvalue weighted by atomic mass is 10.1. The third-order valence-electron chi connectivity index (χ3n) is 6.24. The van der Waals surface area contributed by atoms with Gasteiger partial charge in [-0.3, -0.25) is 0 Å². The van der Waals surface area contributed by atoms with E-state index in [1.807, 2.05) is 38.1 Å². The fourth-order valence-electron chi connectivity index (χ4n) is 3.95. The van der Waals surface area contributed by atoms with Gasteiger partial charge in [0.15, 0.2) is 0 Å². The number of fused-ring (bicyclic) bond motifs is 1. The number of hydrogen-bond donors (Lipinski definition) is 0. The summed E-state index contributed by atoms with van der Waals surface area (Å²) in [5.41, 5.74) is 2.86. The summed E-state index contributed by atoms with van der Waals surface area (Å²) in [6, 6.07) is 17.7. The highest BCUT2D eigenvalue weighted by molar-refractivity contribution is 5.92. The molecule has 6 nitrogen and oxygen atoms in total. The zero-order chi connectivity index (χ0) is 24.4. The molecule has 6 heteroatoms. The summed E-state index contributed by atoms with van der Waals surface area (Å²) in [6.45, 7) is 4.47. The summed E-state index contributed by atoms with van der Waals surface area (Å²) >= 11 is 0. The third kappa shape index (κ3) is 5.43. The molecule has 35 heavy (non-hydrogen) atoms. The Morgan fingerprint density at radius 2 is 1.77 bits per heavy atom. The maximum atomic E-state index is 12.7. The Kier molecular flexibility index (Phi) is 6.36. The summed E-state index contributed by atoms with van der Waals surface area (Å²) in [4.78, 5) is 29.9. The highest BCUT2D eigenvalue weighted by Gasteiger charge is 2.20. The number of benzene rings is 3. The lowest BCUT2D eigenvalue weighted by Crippen LogP contribution is -2.10. The molecule has 178 valence electrons. The first-order chi connectivity index (χ1) is 17.0. The van der Waals surface area contributed by atoms with Crippen LogP contribution >= 0.6 is 0 Å². The van der Waals surface area contributed by atoms with Crippen molar-refractivity contribution in [3.63, 3.8) is 0 Å². The van der Waals surface area contributed by atoms with Crippen LogP contribution < -0.4 is 15.1 Å². The van der Waals surface area contributed by atoms with Crippen molar-refractivity contribution < 1.29 is 18.7 Å². The highest BCUT2D eigenvalue weighted by Crippen LogP contribution is 2.33. The van der Waals surface area contributed by atoms with Gasteiger partial charge in [0.25, 0.3) is 0 Å². The van der Waals surface area contributed by atoms with Gasteiger partial charge in [-0.1, -0.05) is 30.5 Å². The van der Waals surface area contributed by atoms with Gasteiger partial charge in [0.1, 0.15) is 11.5 Å². The summed E-state index contributed by atoms with van der Waals surface area (Å²) < 4.78 is 16.8. The number of nitrogens with zero attached hydrogens (tertiary/aromatic N) is 1. The number of rotatable bonds is 8.